The van der Waals surface area contributed by atoms with Crippen LogP contribution in [0.25, 0.3) is 0 Å². The molecule has 0 aliphatic rings. The Morgan fingerprint density at radius 1 is 1.47 bits per heavy atom. The average Bonchev–Trinajstić information content (AvgIpc) is 2.26. The normalized spacial score (nSPS) is 11.2. The van der Waals surface area contributed by atoms with Crippen LogP contribution in [0, 0.1) is 6.92 Å². The predicted octanol–water partition coefficient (Wildman–Crippen LogP) is -0.0431. The van der Waals surface area contributed by atoms with Gasteiger partial charge >= 0.3 is 5.97 Å². The summed E-state index contributed by atoms with van der Waals surface area (Å²) in [4.78, 5) is 11.3. The average molecular weight is 260 g/mol. The number of carbonyl (C=O) groups is 1. The standard InChI is InChI=1S/C10H13NO5S/c1-8-3-4-9(10(12)16-2)7-11(8)5-6-17(13,14)15/h3-4,7H,5-6H2,1-2H3/p+1. The van der Waals surface area contributed by atoms with Crippen molar-refractivity contribution < 1.29 is 27.1 Å². The van der Waals surface area contributed by atoms with Crippen molar-refractivity contribution in [2.75, 3.05) is 12.9 Å². The van der Waals surface area contributed by atoms with Gasteiger partial charge in [0.2, 0.25) is 0 Å². The Morgan fingerprint density at radius 2 is 2.12 bits per heavy atom. The molecule has 0 amide bonds. The first-order chi connectivity index (χ1) is 7.83. The van der Waals surface area contributed by atoms with E-state index in [-0.39, 0.29) is 6.54 Å². The summed E-state index contributed by atoms with van der Waals surface area (Å²) in [5.74, 6) is -0.894. The van der Waals surface area contributed by atoms with Gasteiger partial charge in [0.1, 0.15) is 11.3 Å². The molecule has 94 valence electrons. The van der Waals surface area contributed by atoms with Gasteiger partial charge in [-0.1, -0.05) is 0 Å². The molecule has 0 radical (unpaired) electrons. The molecule has 0 saturated heterocycles. The zero-order valence-corrected chi connectivity index (χ0v) is 10.4. The van der Waals surface area contributed by atoms with Gasteiger partial charge in [-0.05, 0) is 6.07 Å². The van der Waals surface area contributed by atoms with E-state index in [0.29, 0.717) is 5.56 Å². The van der Waals surface area contributed by atoms with Crippen LogP contribution < -0.4 is 4.57 Å². The first-order valence-corrected chi connectivity index (χ1v) is 6.48. The van der Waals surface area contributed by atoms with E-state index in [9.17, 15) is 13.2 Å². The number of aryl methyl sites for hydroxylation is 2. The van der Waals surface area contributed by atoms with E-state index >= 15 is 0 Å². The Hall–Kier alpha value is -1.47. The van der Waals surface area contributed by atoms with Crippen LogP contribution in [0.15, 0.2) is 18.3 Å². The molecule has 0 unspecified atom stereocenters. The fourth-order valence-electron chi connectivity index (χ4n) is 1.31. The van der Waals surface area contributed by atoms with E-state index in [0.717, 1.165) is 5.69 Å². The SMILES string of the molecule is COC(=O)c1ccc(C)[n+](CCS(=O)(=O)O)c1. The molecule has 0 fully saturated rings. The van der Waals surface area contributed by atoms with Gasteiger partial charge in [-0.25, -0.2) is 9.36 Å². The number of esters is 1. The monoisotopic (exact) mass is 260 g/mol. The van der Waals surface area contributed by atoms with Crippen LogP contribution in [0.1, 0.15) is 16.1 Å². The van der Waals surface area contributed by atoms with Crippen LogP contribution in [0.4, 0.5) is 0 Å². The Bertz CT molecular complexity index is 523. The smallest absolute Gasteiger partial charge is 0.343 e. The lowest BCUT2D eigenvalue weighted by atomic mass is 10.2. The summed E-state index contributed by atoms with van der Waals surface area (Å²) in [6.45, 7) is 1.85. The Morgan fingerprint density at radius 3 is 2.65 bits per heavy atom. The molecule has 0 bridgehead atoms. The minimum Gasteiger partial charge on any atom is -0.465 e. The van der Waals surface area contributed by atoms with Crippen molar-refractivity contribution in [3.63, 3.8) is 0 Å². The van der Waals surface area contributed by atoms with Crippen LogP contribution in [0.5, 0.6) is 0 Å². The summed E-state index contributed by atoms with van der Waals surface area (Å²) >= 11 is 0. The molecule has 1 rings (SSSR count). The number of nitrogens with zero attached hydrogens (tertiary/aromatic N) is 1. The molecular formula is C10H14NO5S+. The van der Waals surface area contributed by atoms with E-state index < -0.39 is 21.8 Å². The maximum atomic E-state index is 11.3. The zero-order valence-electron chi connectivity index (χ0n) is 9.58. The van der Waals surface area contributed by atoms with Gasteiger partial charge < -0.3 is 4.74 Å². The van der Waals surface area contributed by atoms with Crippen molar-refractivity contribution in [3.05, 3.63) is 29.6 Å². The minimum atomic E-state index is -4.01. The number of pyridine rings is 1. The summed E-state index contributed by atoms with van der Waals surface area (Å²) in [5, 5.41) is 0. The molecule has 0 aliphatic carbocycles. The van der Waals surface area contributed by atoms with Gasteiger partial charge in [-0.2, -0.15) is 8.42 Å². The first-order valence-electron chi connectivity index (χ1n) is 4.87. The third kappa shape index (κ3) is 4.12. The third-order valence-electron chi connectivity index (χ3n) is 2.26. The van der Waals surface area contributed by atoms with Crippen molar-refractivity contribution in [1.29, 1.82) is 0 Å². The summed E-state index contributed by atoms with van der Waals surface area (Å²) in [5.41, 5.74) is 1.11. The fraction of sp³-hybridized carbons (Fsp3) is 0.400. The van der Waals surface area contributed by atoms with Crippen LogP contribution >= 0.6 is 0 Å². The quantitative estimate of drug-likeness (QED) is 0.466. The zero-order chi connectivity index (χ0) is 13.1. The lowest BCUT2D eigenvalue weighted by Crippen LogP contribution is -2.40. The fourth-order valence-corrected chi connectivity index (χ4v) is 1.74. The number of hydrogen-bond donors (Lipinski definition) is 1. The molecule has 17 heavy (non-hydrogen) atoms. The maximum Gasteiger partial charge on any atom is 0.343 e. The van der Waals surface area contributed by atoms with Gasteiger partial charge in [0.25, 0.3) is 10.1 Å². The number of ether oxygens (including phenoxy) is 1. The molecule has 6 nitrogen and oxygen atoms in total. The Labute approximate surface area is 99.6 Å². The van der Waals surface area contributed by atoms with Gasteiger partial charge in [-0.3, -0.25) is 4.55 Å². The van der Waals surface area contributed by atoms with Gasteiger partial charge in [0.05, 0.1) is 7.11 Å². The van der Waals surface area contributed by atoms with E-state index in [1.165, 1.54) is 13.3 Å². The van der Waals surface area contributed by atoms with Crippen LogP contribution in [0.2, 0.25) is 0 Å². The highest BCUT2D eigenvalue weighted by Gasteiger charge is 2.16. The van der Waals surface area contributed by atoms with Crippen LogP contribution in [-0.4, -0.2) is 31.8 Å². The third-order valence-corrected chi connectivity index (χ3v) is 2.96. The van der Waals surface area contributed by atoms with Gasteiger partial charge in [0, 0.05) is 13.0 Å². The van der Waals surface area contributed by atoms with Crippen molar-refractivity contribution >= 4 is 16.1 Å². The summed E-state index contributed by atoms with van der Waals surface area (Å²) < 4.78 is 36.1. The van der Waals surface area contributed by atoms with Crippen molar-refractivity contribution in [2.24, 2.45) is 0 Å². The Balaban J connectivity index is 2.95. The molecule has 1 aromatic heterocycles. The van der Waals surface area contributed by atoms with Gasteiger partial charge in [-0.15, -0.1) is 0 Å². The first kappa shape index (κ1) is 13.6. The molecule has 0 atom stereocenters. The lowest BCUT2D eigenvalue weighted by Gasteiger charge is -2.02. The number of aromatic nitrogens is 1. The van der Waals surface area contributed by atoms with E-state index in [4.69, 9.17) is 4.55 Å². The molecule has 0 spiro atoms. The Kier molecular flexibility index (Phi) is 4.19. The molecule has 1 heterocycles. The summed E-state index contributed by atoms with van der Waals surface area (Å²) in [7, 11) is -2.75. The summed E-state index contributed by atoms with van der Waals surface area (Å²) in [6.07, 6.45) is 1.49. The number of methoxy groups -OCH3 is 1. The molecular weight excluding hydrogens is 246 g/mol. The van der Waals surface area contributed by atoms with Gasteiger partial charge in [0.15, 0.2) is 18.4 Å². The molecule has 7 heteroatoms. The second-order valence-electron chi connectivity index (χ2n) is 3.53. The molecule has 0 aliphatic heterocycles. The summed E-state index contributed by atoms with van der Waals surface area (Å²) in [6, 6.07) is 3.27. The van der Waals surface area contributed by atoms with Crippen LogP contribution in [-0.2, 0) is 21.4 Å². The van der Waals surface area contributed by atoms with Crippen molar-refractivity contribution in [2.45, 2.75) is 13.5 Å². The highest BCUT2D eigenvalue weighted by molar-refractivity contribution is 7.85. The molecule has 1 aromatic rings. The number of rotatable bonds is 4. The van der Waals surface area contributed by atoms with E-state index in [1.54, 1.807) is 23.6 Å². The maximum absolute atomic E-state index is 11.3. The number of carbonyl (C=O) groups excluding carboxylic acids is 1. The van der Waals surface area contributed by atoms with Crippen LogP contribution in [0.3, 0.4) is 0 Å². The molecule has 0 aromatic carbocycles. The second kappa shape index (κ2) is 5.24. The molecule has 0 saturated carbocycles. The lowest BCUT2D eigenvalue weighted by molar-refractivity contribution is -0.698. The number of hydrogen-bond acceptors (Lipinski definition) is 4. The van der Waals surface area contributed by atoms with Crippen molar-refractivity contribution in [1.82, 2.24) is 0 Å². The molecule has 1 N–H and O–H groups in total. The highest BCUT2D eigenvalue weighted by atomic mass is 32.2. The topological polar surface area (TPSA) is 84.5 Å². The van der Waals surface area contributed by atoms with E-state index in [2.05, 4.69) is 4.74 Å². The highest BCUT2D eigenvalue weighted by Crippen LogP contribution is 2.00. The van der Waals surface area contributed by atoms with Crippen molar-refractivity contribution in [3.8, 4) is 0 Å². The second-order valence-corrected chi connectivity index (χ2v) is 5.10. The largest absolute Gasteiger partial charge is 0.465 e. The van der Waals surface area contributed by atoms with E-state index in [1.807, 2.05) is 0 Å². The minimum absolute atomic E-state index is 0.0789. The predicted molar refractivity (Wildman–Crippen MR) is 59.1 cm³/mol.